The Bertz CT molecular complexity index is 636. The van der Waals surface area contributed by atoms with Gasteiger partial charge >= 0.3 is 0 Å². The SMILES string of the molecule is CCOCCCn1c(=S)[nH]c2ccc(C#N)cc21. The van der Waals surface area contributed by atoms with Crippen LogP contribution in [-0.4, -0.2) is 22.8 Å². The molecule has 0 saturated carbocycles. The fourth-order valence-corrected chi connectivity index (χ4v) is 2.21. The van der Waals surface area contributed by atoms with Gasteiger partial charge in [-0.1, -0.05) is 0 Å². The van der Waals surface area contributed by atoms with Gasteiger partial charge in [0.05, 0.1) is 22.7 Å². The van der Waals surface area contributed by atoms with Crippen molar-refractivity contribution in [3.8, 4) is 6.07 Å². The zero-order valence-corrected chi connectivity index (χ0v) is 11.1. The lowest BCUT2D eigenvalue weighted by atomic mass is 10.2. The van der Waals surface area contributed by atoms with Crippen LogP contribution in [-0.2, 0) is 11.3 Å². The smallest absolute Gasteiger partial charge is 0.178 e. The van der Waals surface area contributed by atoms with Gasteiger partial charge < -0.3 is 14.3 Å². The summed E-state index contributed by atoms with van der Waals surface area (Å²) >= 11 is 5.29. The largest absolute Gasteiger partial charge is 0.382 e. The zero-order chi connectivity index (χ0) is 13.0. The number of H-pyrrole nitrogens is 1. The molecule has 0 unspecified atom stereocenters. The second-order valence-corrected chi connectivity index (χ2v) is 4.36. The van der Waals surface area contributed by atoms with Crippen molar-refractivity contribution >= 4 is 23.3 Å². The van der Waals surface area contributed by atoms with Crippen molar-refractivity contribution in [2.75, 3.05) is 13.2 Å². The number of nitrogens with zero attached hydrogens (tertiary/aromatic N) is 2. The monoisotopic (exact) mass is 261 g/mol. The van der Waals surface area contributed by atoms with Crippen molar-refractivity contribution < 1.29 is 4.74 Å². The van der Waals surface area contributed by atoms with Gasteiger partial charge in [-0.15, -0.1) is 0 Å². The van der Waals surface area contributed by atoms with Crippen molar-refractivity contribution in [3.05, 3.63) is 28.5 Å². The number of fused-ring (bicyclic) bond motifs is 1. The van der Waals surface area contributed by atoms with Gasteiger partial charge in [-0.25, -0.2) is 0 Å². The number of hydrogen-bond donors (Lipinski definition) is 1. The standard InChI is InChI=1S/C13H15N3OS/c1-2-17-7-3-6-16-12-8-10(9-14)4-5-11(12)15-13(16)18/h4-5,8H,2-3,6-7H2,1H3,(H,15,18). The Balaban J connectivity index is 2.28. The van der Waals surface area contributed by atoms with E-state index in [4.69, 9.17) is 22.2 Å². The molecule has 1 aromatic carbocycles. The van der Waals surface area contributed by atoms with Gasteiger partial charge in [0, 0.05) is 19.8 Å². The third kappa shape index (κ3) is 2.61. The molecular weight excluding hydrogens is 246 g/mol. The van der Waals surface area contributed by atoms with E-state index in [1.54, 1.807) is 6.07 Å². The molecule has 0 amide bonds. The molecule has 0 aliphatic heterocycles. The molecule has 0 atom stereocenters. The minimum Gasteiger partial charge on any atom is -0.382 e. The van der Waals surface area contributed by atoms with E-state index in [1.807, 2.05) is 23.6 Å². The van der Waals surface area contributed by atoms with Crippen LogP contribution in [0.4, 0.5) is 0 Å². The number of aromatic nitrogens is 2. The van der Waals surface area contributed by atoms with Crippen LogP contribution in [0, 0.1) is 16.1 Å². The van der Waals surface area contributed by atoms with Crippen LogP contribution in [0.1, 0.15) is 18.9 Å². The maximum atomic E-state index is 8.93. The summed E-state index contributed by atoms with van der Waals surface area (Å²) in [4.78, 5) is 3.15. The van der Waals surface area contributed by atoms with Crippen molar-refractivity contribution in [2.24, 2.45) is 0 Å². The third-order valence-corrected chi connectivity index (χ3v) is 3.10. The van der Waals surface area contributed by atoms with Gasteiger partial charge in [-0.3, -0.25) is 0 Å². The van der Waals surface area contributed by atoms with Crippen LogP contribution in [0.15, 0.2) is 18.2 Å². The molecule has 0 bridgehead atoms. The Kier molecular flexibility index (Phi) is 4.13. The van der Waals surface area contributed by atoms with Gasteiger partial charge in [0.25, 0.3) is 0 Å². The third-order valence-electron chi connectivity index (χ3n) is 2.78. The molecule has 0 fully saturated rings. The number of aromatic amines is 1. The van der Waals surface area contributed by atoms with Gasteiger partial charge in [0.2, 0.25) is 0 Å². The molecule has 1 N–H and O–H groups in total. The van der Waals surface area contributed by atoms with Crippen LogP contribution < -0.4 is 0 Å². The van der Waals surface area contributed by atoms with Crippen LogP contribution in [0.25, 0.3) is 11.0 Å². The van der Waals surface area contributed by atoms with Crippen LogP contribution >= 0.6 is 12.2 Å². The molecular formula is C13H15N3OS. The summed E-state index contributed by atoms with van der Waals surface area (Å²) in [6, 6.07) is 7.69. The lowest BCUT2D eigenvalue weighted by molar-refractivity contribution is 0.142. The number of benzene rings is 1. The highest BCUT2D eigenvalue weighted by atomic mass is 32.1. The maximum absolute atomic E-state index is 8.93. The molecule has 0 aliphatic rings. The summed E-state index contributed by atoms with van der Waals surface area (Å²) in [6.45, 7) is 4.24. The minimum absolute atomic E-state index is 0.648. The van der Waals surface area contributed by atoms with E-state index < -0.39 is 0 Å². The van der Waals surface area contributed by atoms with Gasteiger partial charge in [0.1, 0.15) is 0 Å². The summed E-state index contributed by atoms with van der Waals surface area (Å²) in [5.74, 6) is 0. The lowest BCUT2D eigenvalue weighted by Crippen LogP contribution is -2.02. The Morgan fingerprint density at radius 2 is 2.33 bits per heavy atom. The minimum atomic E-state index is 0.648. The first kappa shape index (κ1) is 12.8. The first-order chi connectivity index (χ1) is 8.76. The van der Waals surface area contributed by atoms with Crippen molar-refractivity contribution in [1.29, 1.82) is 5.26 Å². The highest BCUT2D eigenvalue weighted by molar-refractivity contribution is 7.71. The number of nitriles is 1. The normalized spacial score (nSPS) is 10.7. The molecule has 2 rings (SSSR count). The summed E-state index contributed by atoms with van der Waals surface area (Å²) in [7, 11) is 0. The highest BCUT2D eigenvalue weighted by Crippen LogP contribution is 2.16. The van der Waals surface area contributed by atoms with E-state index in [-0.39, 0.29) is 0 Å². The maximum Gasteiger partial charge on any atom is 0.178 e. The molecule has 18 heavy (non-hydrogen) atoms. The number of hydrogen-bond acceptors (Lipinski definition) is 3. The number of nitrogens with one attached hydrogen (secondary N) is 1. The molecule has 4 nitrogen and oxygen atoms in total. The first-order valence-electron chi connectivity index (χ1n) is 5.96. The lowest BCUT2D eigenvalue weighted by Gasteiger charge is -2.04. The van der Waals surface area contributed by atoms with Crippen LogP contribution in [0.5, 0.6) is 0 Å². The van der Waals surface area contributed by atoms with Gasteiger partial charge in [-0.05, 0) is 43.8 Å². The Morgan fingerprint density at radius 1 is 1.50 bits per heavy atom. The fourth-order valence-electron chi connectivity index (χ4n) is 1.91. The van der Waals surface area contributed by atoms with Crippen LogP contribution in [0.3, 0.4) is 0 Å². The molecule has 94 valence electrons. The van der Waals surface area contributed by atoms with E-state index in [2.05, 4.69) is 11.1 Å². The zero-order valence-electron chi connectivity index (χ0n) is 10.3. The average Bonchev–Trinajstić information content (AvgIpc) is 2.70. The number of rotatable bonds is 5. The Labute approximate surface area is 111 Å². The summed E-state index contributed by atoms with van der Waals surface area (Å²) < 4.78 is 8.03. The molecule has 0 aliphatic carbocycles. The molecule has 2 aromatic rings. The molecule has 0 saturated heterocycles. The topological polar surface area (TPSA) is 53.7 Å². The van der Waals surface area contributed by atoms with Crippen LogP contribution in [0.2, 0.25) is 0 Å². The quantitative estimate of drug-likeness (QED) is 0.665. The predicted molar refractivity (Wildman–Crippen MR) is 72.9 cm³/mol. The number of ether oxygens (including phenoxy) is 1. The second kappa shape index (κ2) is 5.80. The Morgan fingerprint density at radius 3 is 3.06 bits per heavy atom. The van der Waals surface area contributed by atoms with Crippen molar-refractivity contribution in [3.63, 3.8) is 0 Å². The van der Waals surface area contributed by atoms with E-state index in [1.165, 1.54) is 0 Å². The number of aryl methyl sites for hydroxylation is 1. The van der Waals surface area contributed by atoms with E-state index in [0.717, 1.165) is 37.2 Å². The molecule has 5 heteroatoms. The molecule has 1 aromatic heterocycles. The average molecular weight is 261 g/mol. The summed E-state index contributed by atoms with van der Waals surface area (Å²) in [5.41, 5.74) is 2.60. The van der Waals surface area contributed by atoms with Gasteiger partial charge in [0.15, 0.2) is 4.77 Å². The summed E-state index contributed by atoms with van der Waals surface area (Å²) in [6.07, 6.45) is 0.909. The molecule has 0 spiro atoms. The fraction of sp³-hybridized carbons (Fsp3) is 0.385. The Hall–Kier alpha value is -1.64. The first-order valence-corrected chi connectivity index (χ1v) is 6.37. The van der Waals surface area contributed by atoms with E-state index in [9.17, 15) is 0 Å². The molecule has 0 radical (unpaired) electrons. The predicted octanol–water partition coefficient (Wildman–Crippen LogP) is 3.00. The van der Waals surface area contributed by atoms with E-state index in [0.29, 0.717) is 10.3 Å². The number of imidazole rings is 1. The van der Waals surface area contributed by atoms with Gasteiger partial charge in [-0.2, -0.15) is 5.26 Å². The van der Waals surface area contributed by atoms with E-state index >= 15 is 0 Å². The van der Waals surface area contributed by atoms with Crippen molar-refractivity contribution in [2.45, 2.75) is 19.9 Å². The second-order valence-electron chi connectivity index (χ2n) is 3.98. The molecule has 1 heterocycles. The van der Waals surface area contributed by atoms with Crippen molar-refractivity contribution in [1.82, 2.24) is 9.55 Å². The highest BCUT2D eigenvalue weighted by Gasteiger charge is 2.05. The summed E-state index contributed by atoms with van der Waals surface area (Å²) in [5, 5.41) is 8.93.